The maximum atomic E-state index is 12.8. The maximum absolute atomic E-state index is 12.8. The third-order valence-electron chi connectivity index (χ3n) is 5.01. The summed E-state index contributed by atoms with van der Waals surface area (Å²) in [5, 5.41) is 0. The van der Waals surface area contributed by atoms with E-state index in [0.29, 0.717) is 30.8 Å². The van der Waals surface area contributed by atoms with Gasteiger partial charge >= 0.3 is 0 Å². The summed E-state index contributed by atoms with van der Waals surface area (Å²) in [7, 11) is 0. The molecule has 0 unspecified atom stereocenters. The van der Waals surface area contributed by atoms with Crippen molar-refractivity contribution in [1.29, 1.82) is 0 Å². The molecule has 1 aliphatic rings. The number of oxazole rings is 1. The van der Waals surface area contributed by atoms with Gasteiger partial charge in [0.15, 0.2) is 12.0 Å². The standard InChI is InChI=1S/C19H25N3O3/c1-3-14(4-2)18(23)21-8-5-9-22(11-10-21)19(24)15-6-7-16-17(12-15)25-13-20-16/h6-7,12-14H,3-5,8-11H2,1-2H3. The molecule has 2 heterocycles. The van der Waals surface area contributed by atoms with Crippen LogP contribution in [0.3, 0.4) is 0 Å². The number of benzene rings is 1. The fraction of sp³-hybridized carbons (Fsp3) is 0.526. The molecule has 6 heteroatoms. The summed E-state index contributed by atoms with van der Waals surface area (Å²) >= 11 is 0. The average Bonchev–Trinajstić information content (AvgIpc) is 2.96. The van der Waals surface area contributed by atoms with E-state index in [1.807, 2.05) is 9.80 Å². The zero-order valence-corrected chi connectivity index (χ0v) is 14.9. The summed E-state index contributed by atoms with van der Waals surface area (Å²) in [6.45, 7) is 6.67. The zero-order valence-electron chi connectivity index (χ0n) is 14.9. The van der Waals surface area contributed by atoms with E-state index in [1.54, 1.807) is 18.2 Å². The predicted octanol–water partition coefficient (Wildman–Crippen LogP) is 2.94. The number of rotatable bonds is 4. The van der Waals surface area contributed by atoms with Crippen LogP contribution in [-0.2, 0) is 4.79 Å². The minimum absolute atomic E-state index is 0.0184. The van der Waals surface area contributed by atoms with E-state index >= 15 is 0 Å². The highest BCUT2D eigenvalue weighted by Crippen LogP contribution is 2.18. The summed E-state index contributed by atoms with van der Waals surface area (Å²) in [4.78, 5) is 33.2. The van der Waals surface area contributed by atoms with Crippen molar-refractivity contribution in [1.82, 2.24) is 14.8 Å². The first-order valence-corrected chi connectivity index (χ1v) is 9.05. The second kappa shape index (κ2) is 7.68. The lowest BCUT2D eigenvalue weighted by Gasteiger charge is -2.25. The van der Waals surface area contributed by atoms with Crippen LogP contribution in [0.4, 0.5) is 0 Å². The van der Waals surface area contributed by atoms with Gasteiger partial charge in [-0.05, 0) is 37.5 Å². The number of carbonyl (C=O) groups excluding carboxylic acids is 2. The van der Waals surface area contributed by atoms with E-state index in [0.717, 1.165) is 31.3 Å². The van der Waals surface area contributed by atoms with Crippen LogP contribution >= 0.6 is 0 Å². The van der Waals surface area contributed by atoms with Crippen LogP contribution in [0, 0.1) is 5.92 Å². The summed E-state index contributed by atoms with van der Waals surface area (Å²) in [6, 6.07) is 5.32. The van der Waals surface area contributed by atoms with Gasteiger partial charge in [-0.2, -0.15) is 0 Å². The largest absolute Gasteiger partial charge is 0.443 e. The second-order valence-electron chi connectivity index (χ2n) is 6.52. The molecule has 6 nitrogen and oxygen atoms in total. The van der Waals surface area contributed by atoms with Crippen LogP contribution in [0.1, 0.15) is 43.5 Å². The first kappa shape index (κ1) is 17.5. The normalized spacial score (nSPS) is 15.6. The topological polar surface area (TPSA) is 66.7 Å². The molecule has 3 rings (SSSR count). The number of fused-ring (bicyclic) bond motifs is 1. The highest BCUT2D eigenvalue weighted by atomic mass is 16.3. The molecule has 0 bridgehead atoms. The van der Waals surface area contributed by atoms with Crippen LogP contribution in [0.15, 0.2) is 29.0 Å². The van der Waals surface area contributed by atoms with Gasteiger partial charge in [0.2, 0.25) is 5.91 Å². The third-order valence-corrected chi connectivity index (χ3v) is 5.01. The monoisotopic (exact) mass is 343 g/mol. The van der Waals surface area contributed by atoms with Gasteiger partial charge in [0.25, 0.3) is 5.91 Å². The molecular formula is C19H25N3O3. The Labute approximate surface area is 147 Å². The van der Waals surface area contributed by atoms with Crippen molar-refractivity contribution >= 4 is 22.9 Å². The van der Waals surface area contributed by atoms with Gasteiger partial charge in [0, 0.05) is 37.7 Å². The fourth-order valence-corrected chi connectivity index (χ4v) is 3.41. The molecule has 0 radical (unpaired) electrons. The van der Waals surface area contributed by atoms with Gasteiger partial charge in [0.05, 0.1) is 0 Å². The Kier molecular flexibility index (Phi) is 5.36. The molecule has 0 N–H and O–H groups in total. The van der Waals surface area contributed by atoms with E-state index in [-0.39, 0.29) is 17.7 Å². The summed E-state index contributed by atoms with van der Waals surface area (Å²) < 4.78 is 5.29. The highest BCUT2D eigenvalue weighted by Gasteiger charge is 2.26. The average molecular weight is 343 g/mol. The SMILES string of the molecule is CCC(CC)C(=O)N1CCCN(C(=O)c2ccc3ncoc3c2)CC1. The van der Waals surface area contributed by atoms with Crippen molar-refractivity contribution in [3.8, 4) is 0 Å². The third kappa shape index (κ3) is 3.67. The number of nitrogens with zero attached hydrogens (tertiary/aromatic N) is 3. The quantitative estimate of drug-likeness (QED) is 0.856. The van der Waals surface area contributed by atoms with Gasteiger partial charge < -0.3 is 14.2 Å². The van der Waals surface area contributed by atoms with E-state index in [2.05, 4.69) is 18.8 Å². The first-order valence-electron chi connectivity index (χ1n) is 9.05. The van der Waals surface area contributed by atoms with Crippen LogP contribution < -0.4 is 0 Å². The molecule has 0 spiro atoms. The van der Waals surface area contributed by atoms with Crippen LogP contribution in [0.25, 0.3) is 11.1 Å². The van der Waals surface area contributed by atoms with Crippen molar-refractivity contribution in [3.05, 3.63) is 30.2 Å². The molecular weight excluding hydrogens is 318 g/mol. The number of aromatic nitrogens is 1. The Morgan fingerprint density at radius 2 is 1.84 bits per heavy atom. The van der Waals surface area contributed by atoms with Crippen LogP contribution in [-0.4, -0.2) is 52.8 Å². The van der Waals surface area contributed by atoms with Crippen molar-refractivity contribution in [2.45, 2.75) is 33.1 Å². The molecule has 1 saturated heterocycles. The van der Waals surface area contributed by atoms with Gasteiger partial charge in [-0.1, -0.05) is 13.8 Å². The summed E-state index contributed by atoms with van der Waals surface area (Å²) in [5.74, 6) is 0.300. The molecule has 134 valence electrons. The lowest BCUT2D eigenvalue weighted by Crippen LogP contribution is -2.39. The molecule has 1 aliphatic heterocycles. The molecule has 0 aliphatic carbocycles. The molecule has 0 atom stereocenters. The van der Waals surface area contributed by atoms with Crippen LogP contribution in [0.2, 0.25) is 0 Å². The van der Waals surface area contributed by atoms with Crippen molar-refractivity contribution in [2.75, 3.05) is 26.2 Å². The van der Waals surface area contributed by atoms with Crippen molar-refractivity contribution in [3.63, 3.8) is 0 Å². The van der Waals surface area contributed by atoms with Gasteiger partial charge in [-0.15, -0.1) is 0 Å². The van der Waals surface area contributed by atoms with Gasteiger partial charge in [0.1, 0.15) is 5.52 Å². The summed E-state index contributed by atoms with van der Waals surface area (Å²) in [6.07, 6.45) is 3.92. The minimum atomic E-state index is -0.0184. The smallest absolute Gasteiger partial charge is 0.254 e. The first-order chi connectivity index (χ1) is 12.1. The Hall–Kier alpha value is -2.37. The molecule has 1 aromatic heterocycles. The zero-order chi connectivity index (χ0) is 17.8. The Balaban J connectivity index is 1.67. The lowest BCUT2D eigenvalue weighted by molar-refractivity contribution is -0.135. The minimum Gasteiger partial charge on any atom is -0.443 e. The van der Waals surface area contributed by atoms with Crippen molar-refractivity contribution in [2.24, 2.45) is 5.92 Å². The van der Waals surface area contributed by atoms with E-state index in [1.165, 1.54) is 6.39 Å². The fourth-order valence-electron chi connectivity index (χ4n) is 3.41. The number of carbonyl (C=O) groups is 2. The Morgan fingerprint density at radius 3 is 2.60 bits per heavy atom. The van der Waals surface area contributed by atoms with Gasteiger partial charge in [-0.3, -0.25) is 9.59 Å². The molecule has 1 fully saturated rings. The van der Waals surface area contributed by atoms with Gasteiger partial charge in [-0.25, -0.2) is 4.98 Å². The van der Waals surface area contributed by atoms with Crippen molar-refractivity contribution < 1.29 is 14.0 Å². The maximum Gasteiger partial charge on any atom is 0.254 e. The molecule has 2 aromatic rings. The lowest BCUT2D eigenvalue weighted by atomic mass is 10.0. The van der Waals surface area contributed by atoms with E-state index in [4.69, 9.17) is 4.42 Å². The number of hydrogen-bond acceptors (Lipinski definition) is 4. The Morgan fingerprint density at radius 1 is 1.12 bits per heavy atom. The summed E-state index contributed by atoms with van der Waals surface area (Å²) in [5.41, 5.74) is 1.96. The number of amides is 2. The van der Waals surface area contributed by atoms with Crippen LogP contribution in [0.5, 0.6) is 0 Å². The van der Waals surface area contributed by atoms with E-state index in [9.17, 15) is 9.59 Å². The Bertz CT molecular complexity index is 751. The highest BCUT2D eigenvalue weighted by molar-refractivity contribution is 5.97. The molecule has 1 aromatic carbocycles. The molecule has 2 amide bonds. The van der Waals surface area contributed by atoms with E-state index < -0.39 is 0 Å². The molecule has 25 heavy (non-hydrogen) atoms. The predicted molar refractivity (Wildman–Crippen MR) is 95.2 cm³/mol. The number of hydrogen-bond donors (Lipinski definition) is 0. The second-order valence-corrected chi connectivity index (χ2v) is 6.52. The molecule has 0 saturated carbocycles.